The topological polar surface area (TPSA) is 89.8 Å². The highest BCUT2D eigenvalue weighted by Crippen LogP contribution is 2.15. The number of likely N-dealkylation sites (N-methyl/N-ethyl adjacent to an activating group) is 1. The molecular weight excluding hydrogens is 416 g/mol. The molecule has 2 aromatic heterocycles. The first-order chi connectivity index (χ1) is 16.1. The number of ether oxygens (including phenoxy) is 2. The molecule has 3 heterocycles. The Balaban J connectivity index is 1.52. The van der Waals surface area contributed by atoms with Crippen LogP contribution < -0.4 is 9.47 Å². The number of aromatic nitrogens is 2. The molecule has 0 amide bonds. The van der Waals surface area contributed by atoms with Crippen LogP contribution in [0.2, 0.25) is 0 Å². The number of benzene rings is 1. The van der Waals surface area contributed by atoms with Crippen LogP contribution in [0.4, 0.5) is 0 Å². The van der Waals surface area contributed by atoms with Gasteiger partial charge in [-0.3, -0.25) is 5.41 Å². The number of methoxy groups -OCH3 is 1. The van der Waals surface area contributed by atoms with E-state index in [4.69, 9.17) is 14.9 Å². The summed E-state index contributed by atoms with van der Waals surface area (Å²) in [6, 6.07) is 16.7. The first-order valence-corrected chi connectivity index (χ1v) is 11.1. The van der Waals surface area contributed by atoms with E-state index in [0.717, 1.165) is 44.8 Å². The van der Waals surface area contributed by atoms with E-state index in [2.05, 4.69) is 31.8 Å². The summed E-state index contributed by atoms with van der Waals surface area (Å²) in [6.45, 7) is 5.44. The minimum Gasteiger partial charge on any atom is -0.481 e. The van der Waals surface area contributed by atoms with E-state index in [0.29, 0.717) is 23.2 Å². The van der Waals surface area contributed by atoms with Crippen molar-refractivity contribution in [2.75, 3.05) is 46.9 Å². The molecule has 1 aromatic carbocycles. The number of para-hydroxylation sites is 1. The molecule has 1 aliphatic heterocycles. The number of pyridine rings is 1. The van der Waals surface area contributed by atoms with E-state index >= 15 is 0 Å². The van der Waals surface area contributed by atoms with Gasteiger partial charge in [-0.15, -0.1) is 0 Å². The monoisotopic (exact) mass is 446 g/mol. The molecule has 172 valence electrons. The molecule has 8 nitrogen and oxygen atoms in total. The van der Waals surface area contributed by atoms with Gasteiger partial charge in [0.05, 0.1) is 7.11 Å². The van der Waals surface area contributed by atoms with Gasteiger partial charge in [-0.25, -0.2) is 4.98 Å². The number of hydrogen-bond acceptors (Lipinski definition) is 6. The number of nitrogens with zero attached hydrogens (tertiary/aromatic N) is 4. The van der Waals surface area contributed by atoms with Crippen LogP contribution in [0.25, 0.3) is 0 Å². The van der Waals surface area contributed by atoms with Crippen molar-refractivity contribution in [3.05, 3.63) is 77.7 Å². The van der Waals surface area contributed by atoms with Gasteiger partial charge in [0.2, 0.25) is 11.8 Å². The van der Waals surface area contributed by atoms with E-state index in [1.165, 1.54) is 5.56 Å². The Bertz CT molecular complexity index is 1090. The largest absolute Gasteiger partial charge is 0.481 e. The maximum atomic E-state index is 8.47. The Morgan fingerprint density at radius 1 is 1.09 bits per heavy atom. The molecule has 0 saturated carbocycles. The van der Waals surface area contributed by atoms with Gasteiger partial charge >= 0.3 is 0 Å². The van der Waals surface area contributed by atoms with Gasteiger partial charge in [0.25, 0.3) is 0 Å². The lowest BCUT2D eigenvalue weighted by molar-refractivity contribution is 0.155. The summed E-state index contributed by atoms with van der Waals surface area (Å²) in [6.07, 6.45) is 2.93. The minimum absolute atomic E-state index is 0.00609. The van der Waals surface area contributed by atoms with Crippen molar-refractivity contribution in [3.8, 4) is 11.6 Å². The molecule has 1 saturated heterocycles. The summed E-state index contributed by atoms with van der Waals surface area (Å²) >= 11 is 0. The number of H-pyrrole nitrogens is 1. The molecule has 1 aliphatic rings. The van der Waals surface area contributed by atoms with Crippen LogP contribution in [0.15, 0.2) is 65.8 Å². The fraction of sp³-hybridized carbons (Fsp3) is 0.320. The predicted octanol–water partition coefficient (Wildman–Crippen LogP) is 3.06. The van der Waals surface area contributed by atoms with E-state index in [1.807, 2.05) is 42.6 Å². The number of aliphatic imine (C=N–C) groups is 1. The molecular formula is C25H30N6O2. The van der Waals surface area contributed by atoms with Crippen LogP contribution in [0.1, 0.15) is 17.0 Å². The second-order valence-electron chi connectivity index (χ2n) is 8.06. The standard InChI is InChI=1S/C25H30N6O2/c1-30-13-15-31(16-14-30)12-11-19-17-22(27-18-19)25(33-20-7-4-3-5-8-20)29-24(26)21-9-6-10-23(28-21)32-2/h3-10,17-18,26-27H,11-16H2,1-2H3. The first kappa shape index (κ1) is 22.7. The molecule has 0 aliphatic carbocycles. The number of piperazine rings is 1. The lowest BCUT2D eigenvalue weighted by Gasteiger charge is -2.32. The normalized spacial score (nSPS) is 15.4. The molecule has 1 fully saturated rings. The number of aromatic amines is 1. The van der Waals surface area contributed by atoms with Gasteiger partial charge in [-0.1, -0.05) is 24.3 Å². The van der Waals surface area contributed by atoms with Crippen LogP contribution in [-0.4, -0.2) is 78.4 Å². The van der Waals surface area contributed by atoms with Gasteiger partial charge in [-0.2, -0.15) is 4.99 Å². The van der Waals surface area contributed by atoms with Gasteiger partial charge < -0.3 is 24.3 Å². The van der Waals surface area contributed by atoms with Gasteiger partial charge in [0.15, 0.2) is 5.84 Å². The lowest BCUT2D eigenvalue weighted by Crippen LogP contribution is -2.45. The Labute approximate surface area is 194 Å². The third-order valence-corrected chi connectivity index (χ3v) is 5.63. The molecule has 2 N–H and O–H groups in total. The third kappa shape index (κ3) is 6.27. The Hall–Kier alpha value is -3.49. The predicted molar refractivity (Wildman–Crippen MR) is 130 cm³/mol. The van der Waals surface area contributed by atoms with Gasteiger partial charge in [0.1, 0.15) is 17.1 Å². The number of amidine groups is 1. The van der Waals surface area contributed by atoms with Crippen LogP contribution in [0, 0.1) is 5.41 Å². The van der Waals surface area contributed by atoms with Crippen molar-refractivity contribution in [2.45, 2.75) is 6.42 Å². The fourth-order valence-electron chi connectivity index (χ4n) is 3.62. The van der Waals surface area contributed by atoms with Gasteiger partial charge in [-0.05, 0) is 43.3 Å². The molecule has 0 radical (unpaired) electrons. The van der Waals surface area contributed by atoms with E-state index in [9.17, 15) is 0 Å². The average molecular weight is 447 g/mol. The molecule has 8 heteroatoms. The average Bonchev–Trinajstić information content (AvgIpc) is 3.33. The second kappa shape index (κ2) is 10.9. The summed E-state index contributed by atoms with van der Waals surface area (Å²) in [7, 11) is 3.72. The highest BCUT2D eigenvalue weighted by Gasteiger charge is 2.16. The van der Waals surface area contributed by atoms with Crippen molar-refractivity contribution in [1.29, 1.82) is 5.41 Å². The molecule has 4 rings (SSSR count). The zero-order valence-electron chi connectivity index (χ0n) is 19.1. The summed E-state index contributed by atoms with van der Waals surface area (Å²) in [5.41, 5.74) is 2.31. The molecule has 0 unspecified atom stereocenters. The Morgan fingerprint density at radius 3 is 2.64 bits per heavy atom. The van der Waals surface area contributed by atoms with E-state index in [1.54, 1.807) is 25.3 Å². The summed E-state index contributed by atoms with van der Waals surface area (Å²) < 4.78 is 11.2. The molecule has 0 atom stereocenters. The number of rotatable bonds is 7. The van der Waals surface area contributed by atoms with Crippen LogP contribution in [0.3, 0.4) is 0 Å². The van der Waals surface area contributed by atoms with Crippen LogP contribution in [-0.2, 0) is 6.42 Å². The summed E-state index contributed by atoms with van der Waals surface area (Å²) in [5.74, 6) is 1.40. The summed E-state index contributed by atoms with van der Waals surface area (Å²) in [4.78, 5) is 16.9. The first-order valence-electron chi connectivity index (χ1n) is 11.1. The third-order valence-electron chi connectivity index (χ3n) is 5.63. The highest BCUT2D eigenvalue weighted by atomic mass is 16.5. The highest BCUT2D eigenvalue weighted by molar-refractivity contribution is 6.07. The smallest absolute Gasteiger partial charge is 0.245 e. The second-order valence-corrected chi connectivity index (χ2v) is 8.06. The summed E-state index contributed by atoms with van der Waals surface area (Å²) in [5, 5.41) is 8.47. The molecule has 33 heavy (non-hydrogen) atoms. The van der Waals surface area contributed by atoms with Crippen molar-refractivity contribution in [2.24, 2.45) is 4.99 Å². The quantitative estimate of drug-likeness (QED) is 0.430. The van der Waals surface area contributed by atoms with Crippen LogP contribution >= 0.6 is 0 Å². The molecule has 3 aromatic rings. The van der Waals surface area contributed by atoms with Crippen molar-refractivity contribution < 1.29 is 9.47 Å². The van der Waals surface area contributed by atoms with E-state index in [-0.39, 0.29) is 5.84 Å². The Morgan fingerprint density at radius 2 is 1.88 bits per heavy atom. The van der Waals surface area contributed by atoms with Crippen molar-refractivity contribution in [1.82, 2.24) is 19.8 Å². The van der Waals surface area contributed by atoms with E-state index < -0.39 is 0 Å². The number of hydrogen-bond donors (Lipinski definition) is 2. The lowest BCUT2D eigenvalue weighted by atomic mass is 10.2. The van der Waals surface area contributed by atoms with Crippen LogP contribution in [0.5, 0.6) is 11.6 Å². The maximum absolute atomic E-state index is 8.47. The zero-order chi connectivity index (χ0) is 23.0. The number of nitrogens with one attached hydrogen (secondary N) is 2. The zero-order valence-corrected chi connectivity index (χ0v) is 19.1. The van der Waals surface area contributed by atoms with Crippen molar-refractivity contribution in [3.63, 3.8) is 0 Å². The van der Waals surface area contributed by atoms with Gasteiger partial charge in [0, 0.05) is 45.0 Å². The fourth-order valence-corrected chi connectivity index (χ4v) is 3.62. The molecule has 0 spiro atoms. The minimum atomic E-state index is -0.00609. The maximum Gasteiger partial charge on any atom is 0.245 e. The SMILES string of the molecule is COc1cccc(C(=N)N=C(Oc2ccccc2)c2cc(CCN3CCN(C)CC3)c[nH]2)n1. The molecule has 0 bridgehead atoms. The Kier molecular flexibility index (Phi) is 7.49. The van der Waals surface area contributed by atoms with Crippen molar-refractivity contribution >= 4 is 11.7 Å².